The van der Waals surface area contributed by atoms with Crippen LogP contribution in [0.3, 0.4) is 0 Å². The Morgan fingerprint density at radius 2 is 2.18 bits per heavy atom. The Morgan fingerprint density at radius 1 is 1.35 bits per heavy atom. The minimum absolute atomic E-state index is 0.0106. The zero-order chi connectivity index (χ0) is 11.9. The average molecular weight is 242 g/mol. The molecule has 0 aliphatic carbocycles. The summed E-state index contributed by atoms with van der Waals surface area (Å²) in [7, 11) is 0. The highest BCUT2D eigenvalue weighted by atomic mass is 16.5. The van der Waals surface area contributed by atoms with Gasteiger partial charge in [0.1, 0.15) is 6.10 Å². The van der Waals surface area contributed by atoms with Crippen molar-refractivity contribution in [1.29, 1.82) is 0 Å². The van der Waals surface area contributed by atoms with Crippen molar-refractivity contribution in [2.45, 2.75) is 37.9 Å². The first-order chi connectivity index (χ1) is 8.36. The van der Waals surface area contributed by atoms with Gasteiger partial charge in [0.2, 0.25) is 5.91 Å². The predicted octanol–water partition coefficient (Wildman–Crippen LogP) is 0.0502. The van der Waals surface area contributed by atoms with Gasteiger partial charge in [0, 0.05) is 13.2 Å². The maximum absolute atomic E-state index is 11.6. The van der Waals surface area contributed by atoms with Crippen LogP contribution in [0.4, 0.5) is 0 Å². The Kier molecular flexibility index (Phi) is 5.22. The average Bonchev–Trinajstić information content (AvgIpc) is 2.89. The molecule has 17 heavy (non-hydrogen) atoms. The number of carbonyl (C=O) groups is 1. The molecular formula is C12H22N2O3. The summed E-state index contributed by atoms with van der Waals surface area (Å²) in [6, 6.07) is 0. The van der Waals surface area contributed by atoms with Crippen LogP contribution in [0.15, 0.2) is 0 Å². The molecule has 1 atom stereocenters. The fourth-order valence-electron chi connectivity index (χ4n) is 2.26. The maximum Gasteiger partial charge on any atom is 0.249 e. The number of ether oxygens (including phenoxy) is 2. The Hall–Kier alpha value is -0.650. The second-order valence-corrected chi connectivity index (χ2v) is 4.61. The van der Waals surface area contributed by atoms with E-state index in [4.69, 9.17) is 9.47 Å². The van der Waals surface area contributed by atoms with Gasteiger partial charge >= 0.3 is 0 Å². The summed E-state index contributed by atoms with van der Waals surface area (Å²) < 4.78 is 11.0. The van der Waals surface area contributed by atoms with Gasteiger partial charge in [-0.25, -0.2) is 0 Å². The second-order valence-electron chi connectivity index (χ2n) is 4.61. The van der Waals surface area contributed by atoms with Crippen LogP contribution in [0, 0.1) is 0 Å². The van der Waals surface area contributed by atoms with Gasteiger partial charge in [-0.1, -0.05) is 0 Å². The molecule has 5 heteroatoms. The highest BCUT2D eigenvalue weighted by molar-refractivity contribution is 5.80. The zero-order valence-corrected chi connectivity index (χ0v) is 10.2. The van der Waals surface area contributed by atoms with Crippen molar-refractivity contribution in [3.05, 3.63) is 0 Å². The smallest absolute Gasteiger partial charge is 0.249 e. The first kappa shape index (κ1) is 12.8. The van der Waals surface area contributed by atoms with E-state index in [1.165, 1.54) is 0 Å². The largest absolute Gasteiger partial charge is 0.376 e. The zero-order valence-electron chi connectivity index (χ0n) is 10.2. The normalized spacial score (nSPS) is 26.0. The molecule has 0 aromatic carbocycles. The van der Waals surface area contributed by atoms with Crippen molar-refractivity contribution >= 4 is 5.91 Å². The van der Waals surface area contributed by atoms with E-state index in [-0.39, 0.29) is 12.0 Å². The van der Waals surface area contributed by atoms with Crippen LogP contribution in [0.25, 0.3) is 0 Å². The molecule has 98 valence electrons. The predicted molar refractivity (Wildman–Crippen MR) is 63.8 cm³/mol. The maximum atomic E-state index is 11.6. The van der Waals surface area contributed by atoms with Crippen molar-refractivity contribution in [3.8, 4) is 0 Å². The highest BCUT2D eigenvalue weighted by Gasteiger charge is 2.23. The number of hydrogen-bond donors (Lipinski definition) is 2. The van der Waals surface area contributed by atoms with Gasteiger partial charge in [0.15, 0.2) is 0 Å². The molecule has 2 N–H and O–H groups in total. The molecule has 0 aromatic rings. The van der Waals surface area contributed by atoms with Crippen LogP contribution < -0.4 is 10.6 Å². The minimum atomic E-state index is -0.228. The van der Waals surface area contributed by atoms with Gasteiger partial charge in [-0.05, 0) is 38.8 Å². The highest BCUT2D eigenvalue weighted by Crippen LogP contribution is 2.11. The van der Waals surface area contributed by atoms with Gasteiger partial charge in [0.05, 0.1) is 12.7 Å². The van der Waals surface area contributed by atoms with Crippen molar-refractivity contribution in [3.63, 3.8) is 0 Å². The van der Waals surface area contributed by atoms with Crippen molar-refractivity contribution < 1.29 is 14.3 Å². The minimum Gasteiger partial charge on any atom is -0.376 e. The third kappa shape index (κ3) is 4.26. The van der Waals surface area contributed by atoms with Gasteiger partial charge < -0.3 is 20.1 Å². The van der Waals surface area contributed by atoms with Gasteiger partial charge in [-0.2, -0.15) is 0 Å². The van der Waals surface area contributed by atoms with Crippen LogP contribution in [0.2, 0.25) is 0 Å². The lowest BCUT2D eigenvalue weighted by molar-refractivity contribution is -0.130. The number of carbonyl (C=O) groups excluding carboxylic acids is 1. The standard InChI is InChI=1S/C12H22N2O3/c15-12(11-2-1-8-17-11)14-7-9-16-10-3-5-13-6-4-10/h10-11,13H,1-9H2,(H,14,15)/t11-/m0/s1. The fraction of sp³-hybridized carbons (Fsp3) is 0.917. The molecular weight excluding hydrogens is 220 g/mol. The summed E-state index contributed by atoms with van der Waals surface area (Å²) in [5, 5.41) is 6.15. The Balaban J connectivity index is 1.51. The quantitative estimate of drug-likeness (QED) is 0.669. The molecule has 1 amide bonds. The molecule has 2 heterocycles. The molecule has 0 radical (unpaired) electrons. The first-order valence-electron chi connectivity index (χ1n) is 6.58. The number of rotatable bonds is 5. The van der Waals surface area contributed by atoms with Crippen LogP contribution in [0.5, 0.6) is 0 Å². The van der Waals surface area contributed by atoms with Crippen LogP contribution in [0.1, 0.15) is 25.7 Å². The third-order valence-electron chi connectivity index (χ3n) is 3.26. The fourth-order valence-corrected chi connectivity index (χ4v) is 2.26. The summed E-state index contributed by atoms with van der Waals surface area (Å²) in [6.07, 6.45) is 4.11. The number of piperidine rings is 1. The Morgan fingerprint density at radius 3 is 2.88 bits per heavy atom. The molecule has 0 bridgehead atoms. The topological polar surface area (TPSA) is 59.6 Å². The third-order valence-corrected chi connectivity index (χ3v) is 3.26. The Labute approximate surface area is 102 Å². The van der Waals surface area contributed by atoms with Crippen molar-refractivity contribution in [1.82, 2.24) is 10.6 Å². The number of hydrogen-bond acceptors (Lipinski definition) is 4. The van der Waals surface area contributed by atoms with Crippen LogP contribution in [-0.2, 0) is 14.3 Å². The van der Waals surface area contributed by atoms with E-state index in [0.717, 1.165) is 38.8 Å². The summed E-state index contributed by atoms with van der Waals surface area (Å²) in [5.74, 6) is 0.0106. The Bertz CT molecular complexity index is 236. The van der Waals surface area contributed by atoms with Crippen LogP contribution >= 0.6 is 0 Å². The summed E-state index contributed by atoms with van der Waals surface area (Å²) >= 11 is 0. The molecule has 2 saturated heterocycles. The molecule has 2 aliphatic heterocycles. The molecule has 2 rings (SSSR count). The van der Waals surface area contributed by atoms with E-state index in [9.17, 15) is 4.79 Å². The molecule has 0 aromatic heterocycles. The molecule has 2 fully saturated rings. The van der Waals surface area contributed by atoms with E-state index < -0.39 is 0 Å². The lowest BCUT2D eigenvalue weighted by atomic mass is 10.1. The van der Waals surface area contributed by atoms with E-state index >= 15 is 0 Å². The second kappa shape index (κ2) is 6.93. The van der Waals surface area contributed by atoms with E-state index in [1.807, 2.05) is 0 Å². The summed E-state index contributed by atoms with van der Waals surface area (Å²) in [4.78, 5) is 11.6. The van der Waals surface area contributed by atoms with E-state index in [0.29, 0.717) is 25.9 Å². The van der Waals surface area contributed by atoms with Gasteiger partial charge in [-0.15, -0.1) is 0 Å². The first-order valence-corrected chi connectivity index (χ1v) is 6.58. The van der Waals surface area contributed by atoms with E-state index in [2.05, 4.69) is 10.6 Å². The molecule has 0 unspecified atom stereocenters. The van der Waals surface area contributed by atoms with Crippen LogP contribution in [-0.4, -0.2) is 51.0 Å². The molecule has 5 nitrogen and oxygen atoms in total. The monoisotopic (exact) mass is 242 g/mol. The van der Waals surface area contributed by atoms with Gasteiger partial charge in [0.25, 0.3) is 0 Å². The number of amides is 1. The summed E-state index contributed by atoms with van der Waals surface area (Å²) in [6.45, 7) is 3.97. The van der Waals surface area contributed by atoms with Gasteiger partial charge in [-0.3, -0.25) is 4.79 Å². The lowest BCUT2D eigenvalue weighted by Crippen LogP contribution is -2.38. The molecule has 2 aliphatic rings. The van der Waals surface area contributed by atoms with Crippen molar-refractivity contribution in [2.24, 2.45) is 0 Å². The summed E-state index contributed by atoms with van der Waals surface area (Å²) in [5.41, 5.74) is 0. The SMILES string of the molecule is O=C(NCCOC1CCNCC1)[C@@H]1CCCO1. The van der Waals surface area contributed by atoms with E-state index in [1.54, 1.807) is 0 Å². The molecule has 0 saturated carbocycles. The number of nitrogens with one attached hydrogen (secondary N) is 2. The lowest BCUT2D eigenvalue weighted by Gasteiger charge is -2.23. The van der Waals surface area contributed by atoms with Crippen molar-refractivity contribution in [2.75, 3.05) is 32.8 Å². The molecule has 0 spiro atoms.